The van der Waals surface area contributed by atoms with E-state index >= 15 is 0 Å². The van der Waals surface area contributed by atoms with Crippen LogP contribution in [-0.2, 0) is 4.79 Å². The molecule has 1 rings (SSSR count). The van der Waals surface area contributed by atoms with Crippen molar-refractivity contribution in [3.05, 3.63) is 12.2 Å². The van der Waals surface area contributed by atoms with Gasteiger partial charge in [-0.15, -0.1) is 0 Å². The molecule has 1 atom stereocenters. The predicted octanol–water partition coefficient (Wildman–Crippen LogP) is 0.493. The average Bonchev–Trinajstić information content (AvgIpc) is 2.13. The van der Waals surface area contributed by atoms with E-state index in [4.69, 9.17) is 0 Å². The third kappa shape index (κ3) is 1.19. The molecule has 0 saturated heterocycles. The third-order valence-corrected chi connectivity index (χ3v) is 1.73. The molecular weight excluding hydrogens is 114 g/mol. The van der Waals surface area contributed by atoms with Gasteiger partial charge in [-0.2, -0.15) is 0 Å². The zero-order chi connectivity index (χ0) is 6.85. The lowest BCUT2D eigenvalue weighted by atomic mass is 10.2. The molecule has 0 aromatic rings. The normalized spacial score (nSPS) is 27.4. The van der Waals surface area contributed by atoms with Gasteiger partial charge < -0.3 is 5.32 Å². The smallest absolute Gasteiger partial charge is 0.159 e. The number of ketones is 1. The van der Waals surface area contributed by atoms with Crippen LogP contribution in [0.15, 0.2) is 12.2 Å². The van der Waals surface area contributed by atoms with Crippen molar-refractivity contribution in [3.63, 3.8) is 0 Å². The number of hydrogen-bond donors (Lipinski definition) is 1. The van der Waals surface area contributed by atoms with Crippen molar-refractivity contribution in [3.8, 4) is 0 Å². The molecule has 1 N–H and O–H groups in total. The molecule has 0 radical (unpaired) electrons. The summed E-state index contributed by atoms with van der Waals surface area (Å²) in [6.07, 6.45) is 1.46. The van der Waals surface area contributed by atoms with Gasteiger partial charge in [-0.25, -0.2) is 0 Å². The molecule has 50 valence electrons. The SMILES string of the molecule is C=C1CC(NC)CC1=O. The molecule has 0 aliphatic heterocycles. The Morgan fingerprint density at radius 3 is 2.56 bits per heavy atom. The fourth-order valence-electron chi connectivity index (χ4n) is 1.06. The van der Waals surface area contributed by atoms with Gasteiger partial charge in [-0.3, -0.25) is 4.79 Å². The van der Waals surface area contributed by atoms with Crippen LogP contribution in [0.1, 0.15) is 12.8 Å². The monoisotopic (exact) mass is 125 g/mol. The molecule has 2 nitrogen and oxygen atoms in total. The zero-order valence-electron chi connectivity index (χ0n) is 5.61. The van der Waals surface area contributed by atoms with Crippen LogP contribution in [0.4, 0.5) is 0 Å². The van der Waals surface area contributed by atoms with Crippen molar-refractivity contribution < 1.29 is 4.79 Å². The molecule has 1 saturated carbocycles. The highest BCUT2D eigenvalue weighted by molar-refractivity contribution is 5.97. The van der Waals surface area contributed by atoms with E-state index < -0.39 is 0 Å². The Hall–Kier alpha value is -0.630. The highest BCUT2D eigenvalue weighted by Crippen LogP contribution is 2.18. The van der Waals surface area contributed by atoms with E-state index in [0.717, 1.165) is 12.0 Å². The maximum atomic E-state index is 10.8. The highest BCUT2D eigenvalue weighted by Gasteiger charge is 2.23. The number of Topliss-reactive ketones (excluding diaryl/α,β-unsaturated/α-hetero) is 1. The van der Waals surface area contributed by atoms with Crippen LogP contribution in [0.5, 0.6) is 0 Å². The summed E-state index contributed by atoms with van der Waals surface area (Å²) in [4.78, 5) is 10.8. The molecule has 0 bridgehead atoms. The summed E-state index contributed by atoms with van der Waals surface area (Å²) in [6, 6.07) is 0.352. The zero-order valence-corrected chi connectivity index (χ0v) is 5.61. The van der Waals surface area contributed by atoms with Crippen molar-refractivity contribution in [1.29, 1.82) is 0 Å². The molecule has 0 aromatic carbocycles. The molecule has 1 aliphatic carbocycles. The molecule has 0 aromatic heterocycles. The molecular formula is C7H11NO. The van der Waals surface area contributed by atoms with E-state index in [2.05, 4.69) is 11.9 Å². The lowest BCUT2D eigenvalue weighted by Crippen LogP contribution is -2.21. The van der Waals surface area contributed by atoms with Gasteiger partial charge in [0.1, 0.15) is 0 Å². The Bertz CT molecular complexity index is 135. The minimum Gasteiger partial charge on any atom is -0.316 e. The molecule has 1 fully saturated rings. The lowest BCUT2D eigenvalue weighted by Gasteiger charge is -2.02. The van der Waals surface area contributed by atoms with Crippen LogP contribution in [0.3, 0.4) is 0 Å². The van der Waals surface area contributed by atoms with Crippen LogP contribution in [0.25, 0.3) is 0 Å². The molecule has 2 heteroatoms. The van der Waals surface area contributed by atoms with Gasteiger partial charge in [0.05, 0.1) is 0 Å². The number of hydrogen-bond acceptors (Lipinski definition) is 2. The summed E-state index contributed by atoms with van der Waals surface area (Å²) in [6.45, 7) is 3.64. The van der Waals surface area contributed by atoms with Gasteiger partial charge in [0, 0.05) is 12.5 Å². The summed E-state index contributed by atoms with van der Waals surface area (Å²) in [7, 11) is 1.87. The maximum Gasteiger partial charge on any atom is 0.159 e. The van der Waals surface area contributed by atoms with Crippen molar-refractivity contribution in [2.75, 3.05) is 7.05 Å². The number of nitrogens with one attached hydrogen (secondary N) is 1. The molecule has 0 heterocycles. The predicted molar refractivity (Wildman–Crippen MR) is 36.2 cm³/mol. The summed E-state index contributed by atoms with van der Waals surface area (Å²) in [5.74, 6) is 0.217. The number of rotatable bonds is 1. The van der Waals surface area contributed by atoms with Gasteiger partial charge in [-0.05, 0) is 19.0 Å². The summed E-state index contributed by atoms with van der Waals surface area (Å²) in [5, 5.41) is 3.04. The standard InChI is InChI=1S/C7H11NO/c1-5-3-6(8-2)4-7(5)9/h6,8H,1,3-4H2,2H3. The van der Waals surface area contributed by atoms with Crippen LogP contribution in [0.2, 0.25) is 0 Å². The maximum absolute atomic E-state index is 10.8. The average molecular weight is 125 g/mol. The molecule has 0 amide bonds. The third-order valence-electron chi connectivity index (χ3n) is 1.73. The highest BCUT2D eigenvalue weighted by atomic mass is 16.1. The van der Waals surface area contributed by atoms with E-state index in [-0.39, 0.29) is 5.78 Å². The van der Waals surface area contributed by atoms with E-state index in [1.165, 1.54) is 0 Å². The second-order valence-corrected chi connectivity index (χ2v) is 2.42. The Kier molecular flexibility index (Phi) is 1.67. The van der Waals surface area contributed by atoms with Crippen molar-refractivity contribution >= 4 is 5.78 Å². The molecule has 1 unspecified atom stereocenters. The Morgan fingerprint density at radius 1 is 1.67 bits per heavy atom. The summed E-state index contributed by atoms with van der Waals surface area (Å²) in [5.41, 5.74) is 0.773. The lowest BCUT2D eigenvalue weighted by molar-refractivity contribution is -0.114. The summed E-state index contributed by atoms with van der Waals surface area (Å²) < 4.78 is 0. The second kappa shape index (κ2) is 2.31. The Morgan fingerprint density at radius 2 is 2.33 bits per heavy atom. The second-order valence-electron chi connectivity index (χ2n) is 2.42. The quantitative estimate of drug-likeness (QED) is 0.517. The molecule has 1 aliphatic rings. The van der Waals surface area contributed by atoms with Crippen molar-refractivity contribution in [1.82, 2.24) is 5.32 Å². The van der Waals surface area contributed by atoms with Crippen LogP contribution < -0.4 is 5.32 Å². The van der Waals surface area contributed by atoms with Gasteiger partial charge in [0.15, 0.2) is 5.78 Å². The van der Waals surface area contributed by atoms with Gasteiger partial charge >= 0.3 is 0 Å². The number of carbonyl (C=O) groups excluding carboxylic acids is 1. The Balaban J connectivity index is 2.54. The van der Waals surface area contributed by atoms with Crippen LogP contribution in [-0.4, -0.2) is 18.9 Å². The van der Waals surface area contributed by atoms with Crippen molar-refractivity contribution in [2.24, 2.45) is 0 Å². The van der Waals surface area contributed by atoms with Gasteiger partial charge in [0.25, 0.3) is 0 Å². The fraction of sp³-hybridized carbons (Fsp3) is 0.571. The van der Waals surface area contributed by atoms with E-state index in [1.54, 1.807) is 0 Å². The largest absolute Gasteiger partial charge is 0.316 e. The van der Waals surface area contributed by atoms with E-state index in [9.17, 15) is 4.79 Å². The van der Waals surface area contributed by atoms with Crippen LogP contribution >= 0.6 is 0 Å². The molecule has 0 spiro atoms. The van der Waals surface area contributed by atoms with Gasteiger partial charge in [0.2, 0.25) is 0 Å². The summed E-state index contributed by atoms with van der Waals surface area (Å²) >= 11 is 0. The first-order chi connectivity index (χ1) is 4.24. The topological polar surface area (TPSA) is 29.1 Å². The Labute approximate surface area is 54.9 Å². The first kappa shape index (κ1) is 6.49. The number of carbonyl (C=O) groups is 1. The van der Waals surface area contributed by atoms with E-state index in [0.29, 0.717) is 12.5 Å². The first-order valence-electron chi connectivity index (χ1n) is 3.12. The van der Waals surface area contributed by atoms with Crippen molar-refractivity contribution in [2.45, 2.75) is 18.9 Å². The fourth-order valence-corrected chi connectivity index (χ4v) is 1.06. The van der Waals surface area contributed by atoms with Crippen LogP contribution in [0, 0.1) is 0 Å². The van der Waals surface area contributed by atoms with E-state index in [1.807, 2.05) is 7.05 Å². The minimum absolute atomic E-state index is 0.217. The van der Waals surface area contributed by atoms with Gasteiger partial charge in [-0.1, -0.05) is 6.58 Å². The first-order valence-corrected chi connectivity index (χ1v) is 3.12. The minimum atomic E-state index is 0.217. The molecule has 9 heavy (non-hydrogen) atoms.